The molecular weight excluding hydrogens is 268 g/mol. The largest absolute Gasteiger partial charge is 0.303 e. The van der Waals surface area contributed by atoms with E-state index in [0.717, 1.165) is 23.7 Å². The van der Waals surface area contributed by atoms with Crippen LogP contribution in [0.3, 0.4) is 0 Å². The lowest BCUT2D eigenvalue weighted by atomic mass is 9.85. The van der Waals surface area contributed by atoms with Crippen LogP contribution in [0.4, 0.5) is 0 Å². The highest BCUT2D eigenvalue weighted by atomic mass is 15.2. The topological polar surface area (TPSA) is 6.48 Å². The summed E-state index contributed by atoms with van der Waals surface area (Å²) in [5, 5.41) is 0. The van der Waals surface area contributed by atoms with Crippen molar-refractivity contribution in [1.82, 2.24) is 9.80 Å². The van der Waals surface area contributed by atoms with Crippen LogP contribution in [0, 0.1) is 23.7 Å². The highest BCUT2D eigenvalue weighted by molar-refractivity contribution is 4.82. The molecular formula is C20H42N2. The molecule has 0 saturated carbocycles. The fourth-order valence-corrected chi connectivity index (χ4v) is 4.14. The Hall–Kier alpha value is -0.0800. The Morgan fingerprint density at radius 3 is 2.05 bits per heavy atom. The van der Waals surface area contributed by atoms with Crippen LogP contribution in [0.15, 0.2) is 0 Å². The maximum Gasteiger partial charge on any atom is 0.00132 e. The maximum atomic E-state index is 2.76. The van der Waals surface area contributed by atoms with Gasteiger partial charge in [-0.25, -0.2) is 0 Å². The zero-order valence-electron chi connectivity index (χ0n) is 16.3. The average Bonchev–Trinajstić information content (AvgIpc) is 2.52. The van der Waals surface area contributed by atoms with Crippen LogP contribution in [0.25, 0.3) is 0 Å². The van der Waals surface area contributed by atoms with E-state index in [1.807, 2.05) is 13.8 Å². The van der Waals surface area contributed by atoms with Gasteiger partial charge in [-0.1, -0.05) is 48.0 Å². The third-order valence-electron chi connectivity index (χ3n) is 5.57. The Morgan fingerprint density at radius 2 is 1.55 bits per heavy atom. The molecule has 0 aromatic heterocycles. The van der Waals surface area contributed by atoms with Crippen LogP contribution in [0.5, 0.6) is 0 Å². The van der Waals surface area contributed by atoms with E-state index in [1.165, 1.54) is 65.0 Å². The Labute approximate surface area is 140 Å². The number of likely N-dealkylation sites (tertiary alicyclic amines) is 2. The summed E-state index contributed by atoms with van der Waals surface area (Å²) in [6.45, 7) is 21.6. The van der Waals surface area contributed by atoms with Gasteiger partial charge in [0.25, 0.3) is 0 Å². The summed E-state index contributed by atoms with van der Waals surface area (Å²) in [6.07, 6.45) is 5.69. The SMILES string of the molecule is CC.CCC1CCN(CC2CCN(CC(C)C)C[C@@H]2C)CC1. The smallest absolute Gasteiger partial charge is 0.00132 e. The quantitative estimate of drug-likeness (QED) is 0.723. The zero-order valence-corrected chi connectivity index (χ0v) is 16.3. The molecule has 0 N–H and O–H groups in total. The summed E-state index contributed by atoms with van der Waals surface area (Å²) in [4.78, 5) is 5.45. The van der Waals surface area contributed by atoms with Crippen molar-refractivity contribution >= 4 is 0 Å². The summed E-state index contributed by atoms with van der Waals surface area (Å²) in [5.41, 5.74) is 0. The van der Waals surface area contributed by atoms with Gasteiger partial charge in [0.2, 0.25) is 0 Å². The van der Waals surface area contributed by atoms with Gasteiger partial charge in [-0.3, -0.25) is 0 Å². The van der Waals surface area contributed by atoms with Crippen LogP contribution in [-0.2, 0) is 0 Å². The van der Waals surface area contributed by atoms with Crippen molar-refractivity contribution < 1.29 is 0 Å². The van der Waals surface area contributed by atoms with E-state index >= 15 is 0 Å². The van der Waals surface area contributed by atoms with Crippen LogP contribution in [0.2, 0.25) is 0 Å². The average molecular weight is 311 g/mol. The molecule has 0 radical (unpaired) electrons. The molecule has 0 aliphatic carbocycles. The Balaban J connectivity index is 0.00000116. The van der Waals surface area contributed by atoms with Gasteiger partial charge in [0.05, 0.1) is 0 Å². The van der Waals surface area contributed by atoms with Crippen molar-refractivity contribution in [2.24, 2.45) is 23.7 Å². The van der Waals surface area contributed by atoms with E-state index < -0.39 is 0 Å². The molecule has 22 heavy (non-hydrogen) atoms. The first-order chi connectivity index (χ1) is 10.6. The van der Waals surface area contributed by atoms with Gasteiger partial charge in [0.15, 0.2) is 0 Å². The first-order valence-electron chi connectivity index (χ1n) is 10.0. The third kappa shape index (κ3) is 6.58. The molecule has 2 saturated heterocycles. The molecule has 0 aromatic carbocycles. The highest BCUT2D eigenvalue weighted by Gasteiger charge is 2.28. The lowest BCUT2D eigenvalue weighted by molar-refractivity contribution is 0.0757. The fourth-order valence-electron chi connectivity index (χ4n) is 4.14. The van der Waals surface area contributed by atoms with E-state index in [4.69, 9.17) is 0 Å². The van der Waals surface area contributed by atoms with Crippen molar-refractivity contribution in [2.45, 2.75) is 67.2 Å². The molecule has 0 aromatic rings. The Bertz CT molecular complexity index is 269. The second kappa shape index (κ2) is 10.6. The molecule has 0 bridgehead atoms. The number of piperidine rings is 2. The summed E-state index contributed by atoms with van der Waals surface area (Å²) in [6, 6.07) is 0. The van der Waals surface area contributed by atoms with E-state index in [2.05, 4.69) is 37.5 Å². The summed E-state index contributed by atoms with van der Waals surface area (Å²) >= 11 is 0. The van der Waals surface area contributed by atoms with Gasteiger partial charge in [-0.05, 0) is 62.6 Å². The van der Waals surface area contributed by atoms with Crippen LogP contribution < -0.4 is 0 Å². The second-order valence-electron chi connectivity index (χ2n) is 7.83. The number of rotatable bonds is 5. The second-order valence-corrected chi connectivity index (χ2v) is 7.83. The first-order valence-corrected chi connectivity index (χ1v) is 10.0. The van der Waals surface area contributed by atoms with Gasteiger partial charge in [0, 0.05) is 19.6 Å². The molecule has 1 unspecified atom stereocenters. The van der Waals surface area contributed by atoms with Crippen molar-refractivity contribution in [3.8, 4) is 0 Å². The molecule has 2 heterocycles. The molecule has 2 fully saturated rings. The molecule has 2 heteroatoms. The van der Waals surface area contributed by atoms with Gasteiger partial charge >= 0.3 is 0 Å². The molecule has 132 valence electrons. The lowest BCUT2D eigenvalue weighted by Crippen LogP contribution is -2.46. The normalized spacial score (nSPS) is 28.5. The number of nitrogens with zero attached hydrogens (tertiary/aromatic N) is 2. The fraction of sp³-hybridized carbons (Fsp3) is 1.00. The summed E-state index contributed by atoms with van der Waals surface area (Å²) in [7, 11) is 0. The number of hydrogen-bond acceptors (Lipinski definition) is 2. The standard InChI is InChI=1S/C18H36N2.C2H6/c1-5-17-6-9-19(10-7-17)14-18-8-11-20(12-15(2)3)13-16(18)4;1-2/h15-18H,5-14H2,1-4H3;1-2H3/t16-,18?;/m0./s1. The van der Waals surface area contributed by atoms with Gasteiger partial charge < -0.3 is 9.80 Å². The Morgan fingerprint density at radius 1 is 0.955 bits per heavy atom. The van der Waals surface area contributed by atoms with Crippen molar-refractivity contribution in [3.05, 3.63) is 0 Å². The minimum Gasteiger partial charge on any atom is -0.303 e. The van der Waals surface area contributed by atoms with Gasteiger partial charge in [0.1, 0.15) is 0 Å². The predicted molar refractivity (Wildman–Crippen MR) is 99.4 cm³/mol. The minimum absolute atomic E-state index is 0.812. The van der Waals surface area contributed by atoms with E-state index in [0.29, 0.717) is 0 Å². The molecule has 0 spiro atoms. The van der Waals surface area contributed by atoms with Gasteiger partial charge in [-0.15, -0.1) is 0 Å². The summed E-state index contributed by atoms with van der Waals surface area (Å²) in [5.74, 6) is 3.64. The van der Waals surface area contributed by atoms with E-state index in [-0.39, 0.29) is 0 Å². The molecule has 2 nitrogen and oxygen atoms in total. The third-order valence-corrected chi connectivity index (χ3v) is 5.57. The van der Waals surface area contributed by atoms with Crippen LogP contribution in [-0.4, -0.2) is 49.1 Å². The summed E-state index contributed by atoms with van der Waals surface area (Å²) < 4.78 is 0. The minimum atomic E-state index is 0.812. The van der Waals surface area contributed by atoms with E-state index in [1.54, 1.807) is 0 Å². The Kier molecular flexibility index (Phi) is 9.66. The first kappa shape index (κ1) is 20.0. The monoisotopic (exact) mass is 310 g/mol. The molecule has 2 aliphatic rings. The highest BCUT2D eigenvalue weighted by Crippen LogP contribution is 2.27. The lowest BCUT2D eigenvalue weighted by Gasteiger charge is -2.41. The van der Waals surface area contributed by atoms with E-state index in [9.17, 15) is 0 Å². The molecule has 2 rings (SSSR count). The molecule has 2 aliphatic heterocycles. The number of hydrogen-bond donors (Lipinski definition) is 0. The maximum absolute atomic E-state index is 2.76. The van der Waals surface area contributed by atoms with Crippen LogP contribution in [0.1, 0.15) is 67.2 Å². The molecule has 2 atom stereocenters. The van der Waals surface area contributed by atoms with Crippen molar-refractivity contribution in [3.63, 3.8) is 0 Å². The van der Waals surface area contributed by atoms with Crippen molar-refractivity contribution in [2.75, 3.05) is 39.3 Å². The zero-order chi connectivity index (χ0) is 16.5. The predicted octanol–water partition coefficient (Wildman–Crippen LogP) is 4.75. The van der Waals surface area contributed by atoms with Gasteiger partial charge in [-0.2, -0.15) is 0 Å². The molecule has 0 amide bonds. The van der Waals surface area contributed by atoms with Crippen LogP contribution >= 0.6 is 0 Å². The van der Waals surface area contributed by atoms with Crippen molar-refractivity contribution in [1.29, 1.82) is 0 Å².